The van der Waals surface area contributed by atoms with Crippen molar-refractivity contribution < 1.29 is 9.47 Å². The molecule has 0 aliphatic rings. The van der Waals surface area contributed by atoms with Crippen LogP contribution in [-0.4, -0.2) is 33.0 Å². The highest BCUT2D eigenvalue weighted by atomic mass is 16.5. The lowest BCUT2D eigenvalue weighted by Crippen LogP contribution is -2.09. The average Bonchev–Trinajstić information content (AvgIpc) is 2.10. The molecule has 0 heterocycles. The van der Waals surface area contributed by atoms with E-state index in [4.69, 9.17) is 15.2 Å². The van der Waals surface area contributed by atoms with Gasteiger partial charge in [0.1, 0.15) is 0 Å². The van der Waals surface area contributed by atoms with Gasteiger partial charge >= 0.3 is 0 Å². The van der Waals surface area contributed by atoms with Crippen molar-refractivity contribution in [1.29, 1.82) is 0 Å². The van der Waals surface area contributed by atoms with Crippen molar-refractivity contribution >= 4 is 0 Å². The monoisotopic (exact) mass is 175 g/mol. The second-order valence-corrected chi connectivity index (χ2v) is 2.72. The third-order valence-corrected chi connectivity index (χ3v) is 1.44. The van der Waals surface area contributed by atoms with Gasteiger partial charge in [0.2, 0.25) is 0 Å². The van der Waals surface area contributed by atoms with Crippen LogP contribution in [-0.2, 0) is 9.47 Å². The predicted octanol–water partition coefficient (Wildman–Crippen LogP) is 1.17. The van der Waals surface area contributed by atoms with E-state index in [1.165, 1.54) is 0 Å². The molecule has 0 radical (unpaired) electrons. The maximum Gasteiger partial charge on any atom is 0.0588 e. The summed E-state index contributed by atoms with van der Waals surface area (Å²) in [5, 5.41) is 0. The first-order valence-electron chi connectivity index (χ1n) is 4.77. The summed E-state index contributed by atoms with van der Waals surface area (Å²) < 4.78 is 10.5. The first-order valence-corrected chi connectivity index (χ1v) is 4.77. The molecule has 0 amide bonds. The maximum absolute atomic E-state index is 5.31. The van der Waals surface area contributed by atoms with Gasteiger partial charge in [-0.2, -0.15) is 0 Å². The van der Waals surface area contributed by atoms with Gasteiger partial charge in [-0.1, -0.05) is 6.92 Å². The molecule has 0 spiro atoms. The first kappa shape index (κ1) is 11.9. The normalized spacial score (nSPS) is 10.5. The molecule has 0 aromatic heterocycles. The van der Waals surface area contributed by atoms with Gasteiger partial charge in [0.25, 0.3) is 0 Å². The third-order valence-electron chi connectivity index (χ3n) is 1.44. The Labute approximate surface area is 75.2 Å². The molecule has 0 bridgehead atoms. The minimum absolute atomic E-state index is 0.617. The maximum atomic E-state index is 5.31. The molecule has 3 heteroatoms. The third kappa shape index (κ3) is 9.88. The molecule has 0 unspecified atom stereocenters. The zero-order valence-corrected chi connectivity index (χ0v) is 8.05. The van der Waals surface area contributed by atoms with E-state index in [2.05, 4.69) is 6.92 Å². The largest absolute Gasteiger partial charge is 0.381 e. The topological polar surface area (TPSA) is 44.5 Å². The Morgan fingerprint density at radius 1 is 0.917 bits per heavy atom. The van der Waals surface area contributed by atoms with Gasteiger partial charge in [-0.25, -0.2) is 0 Å². The summed E-state index contributed by atoms with van der Waals surface area (Å²) in [7, 11) is 0. The zero-order valence-electron chi connectivity index (χ0n) is 8.05. The van der Waals surface area contributed by atoms with E-state index in [-0.39, 0.29) is 0 Å². The average molecular weight is 175 g/mol. The molecule has 3 nitrogen and oxygen atoms in total. The standard InChI is InChI=1S/C9H21NO2/c1-2-6-11-7-3-4-8-12-9-5-10/h2-10H2,1H3. The Balaban J connectivity index is 2.73. The van der Waals surface area contributed by atoms with Crippen LogP contribution in [0.25, 0.3) is 0 Å². The highest BCUT2D eigenvalue weighted by Crippen LogP contribution is 1.91. The molecule has 0 aromatic rings. The highest BCUT2D eigenvalue weighted by Gasteiger charge is 1.89. The second kappa shape index (κ2) is 10.9. The van der Waals surface area contributed by atoms with E-state index in [0.29, 0.717) is 13.2 Å². The van der Waals surface area contributed by atoms with Crippen molar-refractivity contribution in [2.75, 3.05) is 33.0 Å². The van der Waals surface area contributed by atoms with E-state index < -0.39 is 0 Å². The first-order chi connectivity index (χ1) is 5.91. The SMILES string of the molecule is CCCOCCCCOCCN. The molecule has 12 heavy (non-hydrogen) atoms. The van der Waals surface area contributed by atoms with Crippen molar-refractivity contribution in [1.82, 2.24) is 0 Å². The molecule has 0 saturated carbocycles. The fraction of sp³-hybridized carbons (Fsp3) is 1.00. The minimum Gasteiger partial charge on any atom is -0.381 e. The lowest BCUT2D eigenvalue weighted by Gasteiger charge is -2.03. The van der Waals surface area contributed by atoms with Gasteiger partial charge in [0.15, 0.2) is 0 Å². The van der Waals surface area contributed by atoms with E-state index >= 15 is 0 Å². The van der Waals surface area contributed by atoms with Crippen LogP contribution in [0.1, 0.15) is 26.2 Å². The summed E-state index contributed by atoms with van der Waals surface area (Å²) in [4.78, 5) is 0. The summed E-state index contributed by atoms with van der Waals surface area (Å²) in [5.41, 5.74) is 5.26. The molecule has 0 fully saturated rings. The minimum atomic E-state index is 0.617. The highest BCUT2D eigenvalue weighted by molar-refractivity contribution is 4.39. The van der Waals surface area contributed by atoms with Gasteiger partial charge < -0.3 is 15.2 Å². The molecule has 74 valence electrons. The van der Waals surface area contributed by atoms with Crippen LogP contribution in [0.4, 0.5) is 0 Å². The number of unbranched alkanes of at least 4 members (excludes halogenated alkanes) is 1. The van der Waals surface area contributed by atoms with Crippen LogP contribution in [0.5, 0.6) is 0 Å². The summed E-state index contributed by atoms with van der Waals surface area (Å²) >= 11 is 0. The van der Waals surface area contributed by atoms with Gasteiger partial charge in [-0.05, 0) is 19.3 Å². The van der Waals surface area contributed by atoms with Crippen LogP contribution in [0, 0.1) is 0 Å². The Morgan fingerprint density at radius 2 is 1.50 bits per heavy atom. The zero-order chi connectivity index (χ0) is 9.07. The van der Waals surface area contributed by atoms with Gasteiger partial charge in [0.05, 0.1) is 6.61 Å². The number of nitrogens with two attached hydrogens (primary N) is 1. The summed E-state index contributed by atoms with van der Waals surface area (Å²) in [6.45, 7) is 5.96. The Kier molecular flexibility index (Phi) is 10.8. The molecule has 2 N–H and O–H groups in total. The van der Waals surface area contributed by atoms with Crippen molar-refractivity contribution in [3.05, 3.63) is 0 Å². The number of rotatable bonds is 9. The van der Waals surface area contributed by atoms with Crippen LogP contribution in [0.3, 0.4) is 0 Å². The fourth-order valence-electron chi connectivity index (χ4n) is 0.840. The van der Waals surface area contributed by atoms with Crippen LogP contribution in [0.15, 0.2) is 0 Å². The van der Waals surface area contributed by atoms with E-state index in [9.17, 15) is 0 Å². The number of hydrogen-bond donors (Lipinski definition) is 1. The van der Waals surface area contributed by atoms with E-state index in [1.807, 2.05) is 0 Å². The summed E-state index contributed by atoms with van der Waals surface area (Å²) in [6.07, 6.45) is 3.26. The van der Waals surface area contributed by atoms with E-state index in [1.54, 1.807) is 0 Å². The molecular formula is C9H21NO2. The van der Waals surface area contributed by atoms with Crippen LogP contribution >= 0.6 is 0 Å². The lowest BCUT2D eigenvalue weighted by molar-refractivity contribution is 0.106. The van der Waals surface area contributed by atoms with Gasteiger partial charge in [0, 0.05) is 26.4 Å². The fourth-order valence-corrected chi connectivity index (χ4v) is 0.840. The molecule has 0 saturated heterocycles. The Bertz CT molecular complexity index is 68.9. The van der Waals surface area contributed by atoms with Crippen molar-refractivity contribution in [3.63, 3.8) is 0 Å². The lowest BCUT2D eigenvalue weighted by atomic mass is 10.3. The smallest absolute Gasteiger partial charge is 0.0588 e. The molecule has 0 aromatic carbocycles. The number of hydrogen-bond acceptors (Lipinski definition) is 3. The molecular weight excluding hydrogens is 154 g/mol. The second-order valence-electron chi connectivity index (χ2n) is 2.72. The van der Waals surface area contributed by atoms with Gasteiger partial charge in [-0.15, -0.1) is 0 Å². The van der Waals surface area contributed by atoms with Crippen molar-refractivity contribution in [2.45, 2.75) is 26.2 Å². The van der Waals surface area contributed by atoms with Gasteiger partial charge in [-0.3, -0.25) is 0 Å². The quantitative estimate of drug-likeness (QED) is 0.535. The molecule has 0 aliphatic heterocycles. The Hall–Kier alpha value is -0.120. The number of ether oxygens (including phenoxy) is 2. The van der Waals surface area contributed by atoms with Crippen LogP contribution < -0.4 is 5.73 Å². The molecule has 0 atom stereocenters. The van der Waals surface area contributed by atoms with E-state index in [0.717, 1.165) is 39.1 Å². The van der Waals surface area contributed by atoms with Crippen LogP contribution in [0.2, 0.25) is 0 Å². The summed E-state index contributed by atoms with van der Waals surface area (Å²) in [5.74, 6) is 0. The Morgan fingerprint density at radius 3 is 2.00 bits per heavy atom. The predicted molar refractivity (Wildman–Crippen MR) is 50.2 cm³/mol. The van der Waals surface area contributed by atoms with Crippen molar-refractivity contribution in [3.8, 4) is 0 Å². The molecule has 0 rings (SSSR count). The molecule has 0 aliphatic carbocycles. The summed E-state index contributed by atoms with van der Waals surface area (Å²) in [6, 6.07) is 0. The van der Waals surface area contributed by atoms with Crippen molar-refractivity contribution in [2.24, 2.45) is 5.73 Å².